The molecular weight excluding hydrogens is 533 g/mol. The highest BCUT2D eigenvalue weighted by atomic mass is 35.5. The summed E-state index contributed by atoms with van der Waals surface area (Å²) in [5.41, 5.74) is 3.34. The fourth-order valence-corrected chi connectivity index (χ4v) is 5.30. The number of thiocarbonyl (C=S) groups is 1. The molecule has 1 aliphatic heterocycles. The number of hydrogen-bond acceptors (Lipinski definition) is 5. The molecule has 4 nitrogen and oxygen atoms in total. The molecular formula is C28H23Cl2NO3S2. The van der Waals surface area contributed by atoms with Gasteiger partial charge in [0.05, 0.1) is 17.2 Å². The number of carbonyl (C=O) groups excluding carboxylic acids is 1. The van der Waals surface area contributed by atoms with Gasteiger partial charge in [-0.3, -0.25) is 9.69 Å². The van der Waals surface area contributed by atoms with Crippen LogP contribution in [0.4, 0.5) is 5.69 Å². The van der Waals surface area contributed by atoms with Gasteiger partial charge in [-0.2, -0.15) is 0 Å². The number of ether oxygens (including phenoxy) is 2. The van der Waals surface area contributed by atoms with Gasteiger partial charge >= 0.3 is 0 Å². The smallest absolute Gasteiger partial charge is 0.270 e. The zero-order valence-electron chi connectivity index (χ0n) is 19.5. The largest absolute Gasteiger partial charge is 0.490 e. The van der Waals surface area contributed by atoms with Gasteiger partial charge < -0.3 is 9.47 Å². The van der Waals surface area contributed by atoms with E-state index in [0.717, 1.165) is 16.7 Å². The molecule has 0 saturated carbocycles. The number of nitrogens with zero attached hydrogens (tertiary/aromatic N) is 1. The van der Waals surface area contributed by atoms with Crippen molar-refractivity contribution in [2.45, 2.75) is 20.0 Å². The summed E-state index contributed by atoms with van der Waals surface area (Å²) >= 11 is 18.9. The molecule has 0 atom stereocenters. The molecule has 1 amide bonds. The van der Waals surface area contributed by atoms with E-state index < -0.39 is 0 Å². The lowest BCUT2D eigenvalue weighted by Gasteiger charge is -2.17. The minimum absolute atomic E-state index is 0.196. The van der Waals surface area contributed by atoms with Crippen molar-refractivity contribution in [1.29, 1.82) is 0 Å². The summed E-state index contributed by atoms with van der Waals surface area (Å²) in [6, 6.07) is 18.4. The third-order valence-electron chi connectivity index (χ3n) is 5.27. The zero-order chi connectivity index (χ0) is 25.7. The monoisotopic (exact) mass is 555 g/mol. The minimum atomic E-state index is -0.196. The van der Waals surface area contributed by atoms with Gasteiger partial charge in [-0.25, -0.2) is 0 Å². The Hall–Kier alpha value is -2.77. The van der Waals surface area contributed by atoms with Crippen LogP contribution >= 0.6 is 47.2 Å². The second kappa shape index (κ2) is 12.0. The van der Waals surface area contributed by atoms with Crippen molar-refractivity contribution < 1.29 is 14.3 Å². The predicted molar refractivity (Wildman–Crippen MR) is 154 cm³/mol. The molecule has 4 rings (SSSR count). The first kappa shape index (κ1) is 26.3. The standard InChI is InChI=1S/C28H23Cl2NO3S2/c1-3-6-20-13-19(14-24(33-4-2)26(20)34-17-18-9-11-21(29)12-10-18)15-25-27(32)31(28(35)36-25)23-8-5-7-22(30)16-23/h3,5,7-16H,1,4,6,17H2,2H3/b25-15+. The first-order chi connectivity index (χ1) is 17.4. The van der Waals surface area contributed by atoms with E-state index in [-0.39, 0.29) is 5.91 Å². The number of allylic oxidation sites excluding steroid dienone is 1. The minimum Gasteiger partial charge on any atom is -0.490 e. The van der Waals surface area contributed by atoms with Crippen molar-refractivity contribution in [2.75, 3.05) is 11.5 Å². The normalized spacial score (nSPS) is 14.4. The molecule has 0 N–H and O–H groups in total. The van der Waals surface area contributed by atoms with Crippen LogP contribution in [0.3, 0.4) is 0 Å². The molecule has 8 heteroatoms. The van der Waals surface area contributed by atoms with Crippen molar-refractivity contribution in [3.8, 4) is 11.5 Å². The van der Waals surface area contributed by atoms with Crippen molar-refractivity contribution >= 4 is 69.2 Å². The number of benzene rings is 3. The SMILES string of the molecule is C=CCc1cc(/C=C2/SC(=S)N(c3cccc(Cl)c3)C2=O)cc(OCC)c1OCc1ccc(Cl)cc1. The molecule has 0 radical (unpaired) electrons. The van der Waals surface area contributed by atoms with Gasteiger partial charge in [-0.15, -0.1) is 6.58 Å². The molecule has 1 aliphatic rings. The Morgan fingerprint density at radius 1 is 1.06 bits per heavy atom. The maximum absolute atomic E-state index is 13.2. The Morgan fingerprint density at radius 3 is 2.53 bits per heavy atom. The number of carbonyl (C=O) groups is 1. The average molecular weight is 557 g/mol. The lowest BCUT2D eigenvalue weighted by atomic mass is 10.0. The Bertz CT molecular complexity index is 1340. The van der Waals surface area contributed by atoms with Crippen molar-refractivity contribution in [2.24, 2.45) is 0 Å². The summed E-state index contributed by atoms with van der Waals surface area (Å²) in [7, 11) is 0. The van der Waals surface area contributed by atoms with E-state index in [9.17, 15) is 4.79 Å². The number of hydrogen-bond donors (Lipinski definition) is 0. The predicted octanol–water partition coefficient (Wildman–Crippen LogP) is 8.11. The lowest BCUT2D eigenvalue weighted by Crippen LogP contribution is -2.27. The maximum Gasteiger partial charge on any atom is 0.270 e. The molecule has 36 heavy (non-hydrogen) atoms. The van der Waals surface area contributed by atoms with Crippen molar-refractivity contribution in [1.82, 2.24) is 0 Å². The molecule has 1 heterocycles. The Kier molecular flexibility index (Phi) is 8.75. The third kappa shape index (κ3) is 6.13. The highest BCUT2D eigenvalue weighted by Crippen LogP contribution is 2.39. The first-order valence-electron chi connectivity index (χ1n) is 11.2. The van der Waals surface area contributed by atoms with Crippen LogP contribution in [0.5, 0.6) is 11.5 Å². The molecule has 184 valence electrons. The molecule has 1 fully saturated rings. The van der Waals surface area contributed by atoms with Gasteiger partial charge in [0.15, 0.2) is 15.8 Å². The molecule has 1 saturated heterocycles. The Morgan fingerprint density at radius 2 is 1.83 bits per heavy atom. The molecule has 0 bridgehead atoms. The fourth-order valence-electron chi connectivity index (χ4n) is 3.69. The highest BCUT2D eigenvalue weighted by Gasteiger charge is 2.33. The van der Waals surface area contributed by atoms with Crippen LogP contribution in [0.2, 0.25) is 10.0 Å². The van der Waals surface area contributed by atoms with E-state index in [1.807, 2.05) is 61.5 Å². The fraction of sp³-hybridized carbons (Fsp3) is 0.143. The van der Waals surface area contributed by atoms with Crippen LogP contribution in [0.25, 0.3) is 6.08 Å². The van der Waals surface area contributed by atoms with Crippen LogP contribution in [-0.4, -0.2) is 16.8 Å². The van der Waals surface area contributed by atoms with E-state index in [0.29, 0.717) is 56.1 Å². The van der Waals surface area contributed by atoms with Gasteiger partial charge in [0, 0.05) is 15.6 Å². The molecule has 3 aromatic carbocycles. The van der Waals surface area contributed by atoms with E-state index in [2.05, 4.69) is 6.58 Å². The Balaban J connectivity index is 1.66. The van der Waals surface area contributed by atoms with Gasteiger partial charge in [0.25, 0.3) is 5.91 Å². The van der Waals surface area contributed by atoms with Crippen LogP contribution < -0.4 is 14.4 Å². The van der Waals surface area contributed by atoms with Gasteiger partial charge in [0.1, 0.15) is 6.61 Å². The van der Waals surface area contributed by atoms with Gasteiger partial charge in [0.2, 0.25) is 0 Å². The average Bonchev–Trinajstić information content (AvgIpc) is 3.12. The summed E-state index contributed by atoms with van der Waals surface area (Å²) in [6.45, 7) is 6.63. The zero-order valence-corrected chi connectivity index (χ0v) is 22.6. The summed E-state index contributed by atoms with van der Waals surface area (Å²) in [4.78, 5) is 15.2. The quantitative estimate of drug-likeness (QED) is 0.151. The molecule has 0 spiro atoms. The second-order valence-corrected chi connectivity index (χ2v) is 10.4. The number of amides is 1. The molecule has 0 unspecified atom stereocenters. The summed E-state index contributed by atoms with van der Waals surface area (Å²) in [6.07, 6.45) is 4.20. The topological polar surface area (TPSA) is 38.8 Å². The van der Waals surface area contributed by atoms with E-state index in [1.54, 1.807) is 18.2 Å². The Labute approximate surface area is 230 Å². The highest BCUT2D eigenvalue weighted by molar-refractivity contribution is 8.27. The van der Waals surface area contributed by atoms with Crippen molar-refractivity contribution in [3.05, 3.63) is 105 Å². The first-order valence-corrected chi connectivity index (χ1v) is 13.2. The molecule has 3 aromatic rings. The number of halogens is 2. The van der Waals surface area contributed by atoms with Crippen LogP contribution in [0.1, 0.15) is 23.6 Å². The van der Waals surface area contributed by atoms with E-state index in [4.69, 9.17) is 44.9 Å². The lowest BCUT2D eigenvalue weighted by molar-refractivity contribution is -0.113. The number of anilines is 1. The summed E-state index contributed by atoms with van der Waals surface area (Å²) < 4.78 is 12.6. The van der Waals surface area contributed by atoms with Gasteiger partial charge in [-0.05, 0) is 73.0 Å². The molecule has 0 aromatic heterocycles. The van der Waals surface area contributed by atoms with Crippen LogP contribution in [0.15, 0.2) is 78.2 Å². The van der Waals surface area contributed by atoms with Crippen LogP contribution in [0, 0.1) is 0 Å². The number of thioether (sulfide) groups is 1. The van der Waals surface area contributed by atoms with Crippen molar-refractivity contribution in [3.63, 3.8) is 0 Å². The van der Waals surface area contributed by atoms with E-state index in [1.165, 1.54) is 16.7 Å². The number of rotatable bonds is 9. The van der Waals surface area contributed by atoms with Gasteiger partial charge in [-0.1, -0.05) is 71.5 Å². The maximum atomic E-state index is 13.2. The second-order valence-electron chi connectivity index (χ2n) is 7.85. The van der Waals surface area contributed by atoms with E-state index >= 15 is 0 Å². The third-order valence-corrected chi connectivity index (χ3v) is 7.06. The van der Waals surface area contributed by atoms with Crippen LogP contribution in [-0.2, 0) is 17.8 Å². The summed E-state index contributed by atoms with van der Waals surface area (Å²) in [5, 5.41) is 1.21. The molecule has 0 aliphatic carbocycles. The summed E-state index contributed by atoms with van der Waals surface area (Å²) in [5.74, 6) is 1.05.